The molecule has 0 saturated heterocycles. The zero-order valence-corrected chi connectivity index (χ0v) is 17.5. The lowest BCUT2D eigenvalue weighted by Crippen LogP contribution is -2.21. The van der Waals surface area contributed by atoms with E-state index >= 15 is 0 Å². The molecule has 4 heterocycles. The van der Waals surface area contributed by atoms with Crippen molar-refractivity contribution in [3.8, 4) is 11.6 Å². The molecular formula is C21H24N6OS. The van der Waals surface area contributed by atoms with E-state index in [1.54, 1.807) is 4.68 Å². The minimum atomic E-state index is 0.220. The van der Waals surface area contributed by atoms with E-state index in [-0.39, 0.29) is 6.10 Å². The lowest BCUT2D eigenvalue weighted by atomic mass is 9.98. The summed E-state index contributed by atoms with van der Waals surface area (Å²) in [5.41, 5.74) is 3.82. The highest BCUT2D eigenvalue weighted by Crippen LogP contribution is 2.31. The Morgan fingerprint density at radius 3 is 2.79 bits per heavy atom. The highest BCUT2D eigenvalue weighted by atomic mass is 32.1. The average molecular weight is 409 g/mol. The lowest BCUT2D eigenvalue weighted by molar-refractivity contribution is 0.150. The Morgan fingerprint density at radius 1 is 1.21 bits per heavy atom. The van der Waals surface area contributed by atoms with Crippen LogP contribution in [0.5, 0.6) is 5.88 Å². The van der Waals surface area contributed by atoms with Gasteiger partial charge in [-0.15, -0.1) is 0 Å². The highest BCUT2D eigenvalue weighted by Gasteiger charge is 2.21. The summed E-state index contributed by atoms with van der Waals surface area (Å²) in [6, 6.07) is 4.12. The van der Waals surface area contributed by atoms with E-state index in [1.807, 2.05) is 38.6 Å². The molecule has 0 aliphatic heterocycles. The molecule has 150 valence electrons. The zero-order chi connectivity index (χ0) is 19.8. The van der Waals surface area contributed by atoms with Gasteiger partial charge in [0.25, 0.3) is 0 Å². The molecule has 8 heteroatoms. The van der Waals surface area contributed by atoms with Crippen molar-refractivity contribution in [3.63, 3.8) is 0 Å². The number of hydrogen-bond acceptors (Lipinski definition) is 6. The SMILES string of the molecule is Cc1cc(Cc2nc(OC3CCCCC3)c3c(ccn3-c3cnn(C)c3)n2)sn1. The minimum Gasteiger partial charge on any atom is -0.473 e. The van der Waals surface area contributed by atoms with E-state index in [9.17, 15) is 0 Å². The number of hydrogen-bond donors (Lipinski definition) is 0. The predicted octanol–water partition coefficient (Wildman–Crippen LogP) is 4.22. The molecule has 29 heavy (non-hydrogen) atoms. The second kappa shape index (κ2) is 7.59. The maximum absolute atomic E-state index is 6.47. The first-order valence-electron chi connectivity index (χ1n) is 10.1. The van der Waals surface area contributed by atoms with Gasteiger partial charge in [-0.1, -0.05) is 6.42 Å². The molecule has 4 aromatic heterocycles. The molecular weight excluding hydrogens is 384 g/mol. The van der Waals surface area contributed by atoms with Gasteiger partial charge in [0.05, 0.1) is 23.1 Å². The number of nitrogens with zero attached hydrogens (tertiary/aromatic N) is 6. The third-order valence-electron chi connectivity index (χ3n) is 5.36. The number of fused-ring (bicyclic) bond motifs is 1. The molecule has 1 fully saturated rings. The minimum absolute atomic E-state index is 0.220. The van der Waals surface area contributed by atoms with Crippen molar-refractivity contribution in [3.05, 3.63) is 47.1 Å². The summed E-state index contributed by atoms with van der Waals surface area (Å²) in [4.78, 5) is 10.9. The molecule has 0 radical (unpaired) electrons. The van der Waals surface area contributed by atoms with Crippen LogP contribution < -0.4 is 4.74 Å². The van der Waals surface area contributed by atoms with Gasteiger partial charge in [0.1, 0.15) is 17.4 Å². The van der Waals surface area contributed by atoms with Crippen LogP contribution in [0.2, 0.25) is 0 Å². The van der Waals surface area contributed by atoms with Gasteiger partial charge in [0.2, 0.25) is 5.88 Å². The van der Waals surface area contributed by atoms with Crippen LogP contribution in [0.15, 0.2) is 30.7 Å². The van der Waals surface area contributed by atoms with E-state index in [2.05, 4.69) is 20.1 Å². The Balaban J connectivity index is 1.58. The van der Waals surface area contributed by atoms with Crippen molar-refractivity contribution in [2.24, 2.45) is 7.05 Å². The van der Waals surface area contributed by atoms with Crippen molar-refractivity contribution in [2.45, 2.75) is 51.6 Å². The first-order valence-corrected chi connectivity index (χ1v) is 10.9. The van der Waals surface area contributed by atoms with E-state index in [0.717, 1.165) is 46.0 Å². The monoisotopic (exact) mass is 408 g/mol. The smallest absolute Gasteiger partial charge is 0.242 e. The third-order valence-corrected chi connectivity index (χ3v) is 6.23. The summed E-state index contributed by atoms with van der Waals surface area (Å²) in [5, 5.41) is 4.31. The summed E-state index contributed by atoms with van der Waals surface area (Å²) >= 11 is 1.51. The molecule has 0 spiro atoms. The third kappa shape index (κ3) is 3.76. The van der Waals surface area contributed by atoms with Crippen LogP contribution in [-0.4, -0.2) is 34.8 Å². The molecule has 1 aliphatic carbocycles. The van der Waals surface area contributed by atoms with Crippen LogP contribution in [0.4, 0.5) is 0 Å². The Bertz CT molecular complexity index is 1140. The van der Waals surface area contributed by atoms with Gasteiger partial charge < -0.3 is 9.30 Å². The van der Waals surface area contributed by atoms with E-state index in [4.69, 9.17) is 14.7 Å². The summed E-state index contributed by atoms with van der Waals surface area (Å²) in [7, 11) is 1.92. The van der Waals surface area contributed by atoms with Gasteiger partial charge in [0, 0.05) is 30.7 Å². The maximum atomic E-state index is 6.47. The molecule has 7 nitrogen and oxygen atoms in total. The van der Waals surface area contributed by atoms with Gasteiger partial charge in [-0.05, 0) is 56.3 Å². The fourth-order valence-electron chi connectivity index (χ4n) is 3.96. The fourth-order valence-corrected chi connectivity index (χ4v) is 4.70. The standard InChI is InChI=1S/C21H24N6OS/c1-14-10-17(29-25-14)11-19-23-18-8-9-27(15-12-22-26(2)13-15)20(18)21(24-19)28-16-6-4-3-5-7-16/h8-10,12-13,16H,3-7,11H2,1-2H3. The van der Waals surface area contributed by atoms with Gasteiger partial charge in [0.15, 0.2) is 0 Å². The van der Waals surface area contributed by atoms with E-state index < -0.39 is 0 Å². The molecule has 0 unspecified atom stereocenters. The Kier molecular flexibility index (Phi) is 4.79. The molecule has 0 atom stereocenters. The quantitative estimate of drug-likeness (QED) is 0.494. The van der Waals surface area contributed by atoms with Gasteiger partial charge >= 0.3 is 0 Å². The average Bonchev–Trinajstić information content (AvgIpc) is 3.43. The summed E-state index contributed by atoms with van der Waals surface area (Å²) < 4.78 is 14.7. The number of rotatable bonds is 5. The van der Waals surface area contributed by atoms with Crippen LogP contribution in [-0.2, 0) is 13.5 Å². The lowest BCUT2D eigenvalue weighted by Gasteiger charge is -2.23. The van der Waals surface area contributed by atoms with Crippen molar-refractivity contribution in [1.29, 1.82) is 0 Å². The van der Waals surface area contributed by atoms with Crippen molar-refractivity contribution in [2.75, 3.05) is 0 Å². The van der Waals surface area contributed by atoms with Crippen LogP contribution in [0.1, 0.15) is 48.5 Å². The zero-order valence-electron chi connectivity index (χ0n) is 16.7. The molecule has 5 rings (SSSR count). The largest absolute Gasteiger partial charge is 0.473 e. The van der Waals surface area contributed by atoms with Crippen LogP contribution in [0.3, 0.4) is 0 Å². The predicted molar refractivity (Wildman–Crippen MR) is 113 cm³/mol. The van der Waals surface area contributed by atoms with Crippen molar-refractivity contribution in [1.82, 2.24) is 28.7 Å². The molecule has 0 bridgehead atoms. The normalized spacial score (nSPS) is 15.2. The van der Waals surface area contributed by atoms with Gasteiger partial charge in [-0.25, -0.2) is 4.98 Å². The van der Waals surface area contributed by atoms with Gasteiger partial charge in [-0.2, -0.15) is 14.5 Å². The maximum Gasteiger partial charge on any atom is 0.242 e. The molecule has 1 saturated carbocycles. The number of ether oxygens (including phenoxy) is 1. The van der Waals surface area contributed by atoms with Crippen LogP contribution >= 0.6 is 11.5 Å². The second-order valence-corrected chi connectivity index (χ2v) is 8.62. The fraction of sp³-hybridized carbons (Fsp3) is 0.429. The number of aromatic nitrogens is 6. The van der Waals surface area contributed by atoms with Crippen LogP contribution in [0.25, 0.3) is 16.7 Å². The summed E-state index contributed by atoms with van der Waals surface area (Å²) in [6.07, 6.45) is 12.6. The Morgan fingerprint density at radius 2 is 2.07 bits per heavy atom. The van der Waals surface area contributed by atoms with Gasteiger partial charge in [-0.3, -0.25) is 4.68 Å². The summed E-state index contributed by atoms with van der Waals surface area (Å²) in [6.45, 7) is 2.01. The van der Waals surface area contributed by atoms with E-state index in [1.165, 1.54) is 30.8 Å². The molecule has 0 N–H and O–H groups in total. The van der Waals surface area contributed by atoms with E-state index in [0.29, 0.717) is 12.3 Å². The van der Waals surface area contributed by atoms with Crippen molar-refractivity contribution >= 4 is 22.6 Å². The first kappa shape index (κ1) is 18.3. The van der Waals surface area contributed by atoms with Crippen LogP contribution in [0, 0.1) is 6.92 Å². The Labute approximate surface area is 173 Å². The molecule has 4 aromatic rings. The van der Waals surface area contributed by atoms with Crippen molar-refractivity contribution < 1.29 is 4.74 Å². The summed E-state index contributed by atoms with van der Waals surface area (Å²) in [5.74, 6) is 1.45. The molecule has 0 amide bonds. The first-order chi connectivity index (χ1) is 14.2. The molecule has 0 aromatic carbocycles. The Hall–Kier alpha value is -2.74. The number of aryl methyl sites for hydroxylation is 2. The molecule has 1 aliphatic rings. The second-order valence-electron chi connectivity index (χ2n) is 7.73. The topological polar surface area (TPSA) is 70.7 Å². The highest BCUT2D eigenvalue weighted by molar-refractivity contribution is 7.05.